The number of carbonyl (C=O) groups excluding carboxylic acids is 1. The summed E-state index contributed by atoms with van der Waals surface area (Å²) in [7, 11) is -3.29. The van der Waals surface area contributed by atoms with Crippen LogP contribution in [0.4, 0.5) is 5.82 Å². The predicted molar refractivity (Wildman–Crippen MR) is 133 cm³/mol. The van der Waals surface area contributed by atoms with Crippen LogP contribution in [0.2, 0.25) is 0 Å². The molecule has 0 atom stereocenters. The highest BCUT2D eigenvalue weighted by molar-refractivity contribution is 7.90. The average molecular weight is 472 g/mol. The number of carbonyl (C=O) groups is 1. The topological polar surface area (TPSA) is 81.1 Å². The largest absolute Gasteiger partial charge is 0.309 e. The number of amides is 1. The summed E-state index contributed by atoms with van der Waals surface area (Å²) < 4.78 is 26.4. The third kappa shape index (κ3) is 4.15. The molecule has 172 valence electrons. The second-order valence-electron chi connectivity index (χ2n) is 8.75. The lowest BCUT2D eigenvalue weighted by Gasteiger charge is -2.19. The van der Waals surface area contributed by atoms with Gasteiger partial charge in [0.15, 0.2) is 9.84 Å². The lowest BCUT2D eigenvalue weighted by molar-refractivity contribution is -0.116. The molecule has 0 saturated heterocycles. The van der Waals surface area contributed by atoms with E-state index in [4.69, 9.17) is 0 Å². The zero-order chi connectivity index (χ0) is 23.9. The minimum absolute atomic E-state index is 0.121. The highest BCUT2D eigenvalue weighted by Crippen LogP contribution is 2.35. The van der Waals surface area contributed by atoms with Crippen LogP contribution in [-0.4, -0.2) is 24.1 Å². The molecule has 1 aromatic heterocycles. The molecule has 3 aromatic carbocycles. The molecule has 1 aliphatic rings. The van der Waals surface area contributed by atoms with Gasteiger partial charge in [0.1, 0.15) is 5.82 Å². The van der Waals surface area contributed by atoms with Gasteiger partial charge >= 0.3 is 0 Å². The van der Waals surface area contributed by atoms with Gasteiger partial charge < -0.3 is 5.32 Å². The van der Waals surface area contributed by atoms with E-state index in [9.17, 15) is 13.2 Å². The molecule has 0 unspecified atom stereocenters. The Balaban J connectivity index is 1.61. The van der Waals surface area contributed by atoms with E-state index in [1.54, 1.807) is 4.68 Å². The predicted octanol–water partition coefficient (Wildman–Crippen LogP) is 4.69. The van der Waals surface area contributed by atoms with E-state index in [0.717, 1.165) is 27.9 Å². The first kappa shape index (κ1) is 22.1. The summed E-state index contributed by atoms with van der Waals surface area (Å²) in [6.07, 6.45) is 0. The van der Waals surface area contributed by atoms with Crippen molar-refractivity contribution in [2.45, 2.75) is 31.3 Å². The van der Waals surface area contributed by atoms with Gasteiger partial charge in [0.2, 0.25) is 5.91 Å². The number of hydrogen-bond acceptors (Lipinski definition) is 4. The van der Waals surface area contributed by atoms with E-state index < -0.39 is 15.8 Å². The van der Waals surface area contributed by atoms with Gasteiger partial charge in [0.05, 0.1) is 28.8 Å². The number of benzene rings is 3. The fourth-order valence-corrected chi connectivity index (χ4v) is 6.06. The zero-order valence-electron chi connectivity index (χ0n) is 19.0. The highest BCUT2D eigenvalue weighted by Gasteiger charge is 2.34. The Morgan fingerprint density at radius 1 is 0.912 bits per heavy atom. The number of sulfone groups is 1. The number of aromatic nitrogens is 2. The Hall–Kier alpha value is -3.71. The van der Waals surface area contributed by atoms with E-state index >= 15 is 0 Å². The number of aryl methyl sites for hydroxylation is 2. The van der Waals surface area contributed by atoms with Crippen molar-refractivity contribution in [2.75, 3.05) is 5.32 Å². The maximum Gasteiger partial charge on any atom is 0.237 e. The Labute approximate surface area is 199 Å². The van der Waals surface area contributed by atoms with Crippen molar-refractivity contribution in [3.05, 3.63) is 112 Å². The van der Waals surface area contributed by atoms with Crippen molar-refractivity contribution in [1.82, 2.24) is 9.78 Å². The van der Waals surface area contributed by atoms with Crippen LogP contribution in [0.15, 0.2) is 78.9 Å². The van der Waals surface area contributed by atoms with Crippen LogP contribution in [0, 0.1) is 13.8 Å². The smallest absolute Gasteiger partial charge is 0.237 e. The van der Waals surface area contributed by atoms with E-state index in [1.165, 1.54) is 0 Å². The maximum absolute atomic E-state index is 13.8. The molecule has 0 aliphatic carbocycles. The second-order valence-corrected chi connectivity index (χ2v) is 10.8. The van der Waals surface area contributed by atoms with Crippen LogP contribution < -0.4 is 5.32 Å². The van der Waals surface area contributed by atoms with E-state index in [2.05, 4.69) is 10.4 Å². The van der Waals surface area contributed by atoms with Gasteiger partial charge in [-0.25, -0.2) is 13.1 Å². The zero-order valence-corrected chi connectivity index (χ0v) is 19.8. The lowest BCUT2D eigenvalue weighted by Crippen LogP contribution is -2.24. The molecule has 0 bridgehead atoms. The van der Waals surface area contributed by atoms with Crippen molar-refractivity contribution >= 4 is 21.6 Å². The van der Waals surface area contributed by atoms with Gasteiger partial charge in [-0.05, 0) is 36.6 Å². The first-order valence-corrected chi connectivity index (χ1v) is 12.9. The number of rotatable bonds is 5. The molecule has 0 fully saturated rings. The molecule has 7 heteroatoms. The Morgan fingerprint density at radius 2 is 1.53 bits per heavy atom. The molecular formula is C27H25N3O3S. The molecule has 0 spiro atoms. The van der Waals surface area contributed by atoms with Gasteiger partial charge in [-0.15, -0.1) is 0 Å². The van der Waals surface area contributed by atoms with Crippen LogP contribution in [0.3, 0.4) is 0 Å². The summed E-state index contributed by atoms with van der Waals surface area (Å²) in [4.78, 5) is 13.8. The van der Waals surface area contributed by atoms with Gasteiger partial charge in [-0.3, -0.25) is 4.79 Å². The summed E-state index contributed by atoms with van der Waals surface area (Å²) in [6.45, 7) is 3.99. The highest BCUT2D eigenvalue weighted by atomic mass is 32.2. The molecule has 34 heavy (non-hydrogen) atoms. The first-order valence-electron chi connectivity index (χ1n) is 11.1. The minimum atomic E-state index is -3.29. The summed E-state index contributed by atoms with van der Waals surface area (Å²) in [5, 5.41) is 7.69. The maximum atomic E-state index is 13.8. The quantitative estimate of drug-likeness (QED) is 0.458. The Kier molecular flexibility index (Phi) is 5.57. The van der Waals surface area contributed by atoms with E-state index in [1.807, 2.05) is 92.7 Å². The van der Waals surface area contributed by atoms with Crippen LogP contribution in [0.5, 0.6) is 0 Å². The second kappa shape index (κ2) is 8.57. The fourth-order valence-electron chi connectivity index (χ4n) is 4.56. The first-order chi connectivity index (χ1) is 16.3. The van der Waals surface area contributed by atoms with Crippen molar-refractivity contribution < 1.29 is 13.2 Å². The number of fused-ring (bicyclic) bond motifs is 1. The summed E-state index contributed by atoms with van der Waals surface area (Å²) in [5.41, 5.74) is 5.67. The Morgan fingerprint density at radius 3 is 2.12 bits per heavy atom. The van der Waals surface area contributed by atoms with Crippen molar-refractivity contribution in [3.8, 4) is 5.69 Å². The third-order valence-electron chi connectivity index (χ3n) is 6.14. The molecule has 6 nitrogen and oxygen atoms in total. The van der Waals surface area contributed by atoms with Gasteiger partial charge in [-0.2, -0.15) is 5.10 Å². The normalized spacial score (nSPS) is 14.2. The third-order valence-corrected chi connectivity index (χ3v) is 7.58. The standard InChI is InChI=1S/C27H25N3O3S/c1-18-13-14-24(19(2)15-18)30-26(22-16-34(32,33)17-23(22)29-30)28-27(31)25(20-9-5-3-6-10-20)21-11-7-4-8-12-21/h3-15,25H,16-17H2,1-2H3,(H,28,31). The van der Waals surface area contributed by atoms with Crippen molar-refractivity contribution in [2.24, 2.45) is 0 Å². The van der Waals surface area contributed by atoms with Crippen LogP contribution in [0.1, 0.15) is 39.4 Å². The van der Waals surface area contributed by atoms with E-state index in [-0.39, 0.29) is 17.4 Å². The molecule has 0 radical (unpaired) electrons. The average Bonchev–Trinajstić information content (AvgIpc) is 3.27. The minimum Gasteiger partial charge on any atom is -0.309 e. The van der Waals surface area contributed by atoms with Crippen LogP contribution in [-0.2, 0) is 26.1 Å². The number of anilines is 1. The molecule has 1 aliphatic heterocycles. The monoisotopic (exact) mass is 471 g/mol. The number of hydrogen-bond donors (Lipinski definition) is 1. The SMILES string of the molecule is Cc1ccc(-n2nc3c(c2NC(=O)C(c2ccccc2)c2ccccc2)CS(=O)(=O)C3)c(C)c1. The molecule has 0 saturated carbocycles. The van der Waals surface area contributed by atoms with Crippen LogP contribution >= 0.6 is 0 Å². The van der Waals surface area contributed by atoms with E-state index in [0.29, 0.717) is 17.1 Å². The molecular weight excluding hydrogens is 446 g/mol. The lowest BCUT2D eigenvalue weighted by atomic mass is 9.90. The summed E-state index contributed by atoms with van der Waals surface area (Å²) in [6, 6.07) is 25.1. The summed E-state index contributed by atoms with van der Waals surface area (Å²) >= 11 is 0. The number of nitrogens with one attached hydrogen (secondary N) is 1. The molecule has 1 amide bonds. The summed E-state index contributed by atoms with van der Waals surface area (Å²) in [5.74, 6) is -0.632. The van der Waals surface area contributed by atoms with Crippen molar-refractivity contribution in [1.29, 1.82) is 0 Å². The molecule has 5 rings (SSSR count). The van der Waals surface area contributed by atoms with Crippen LogP contribution in [0.25, 0.3) is 5.69 Å². The fraction of sp³-hybridized carbons (Fsp3) is 0.185. The molecule has 1 N–H and O–H groups in total. The number of nitrogens with zero attached hydrogens (tertiary/aromatic N) is 2. The van der Waals surface area contributed by atoms with Crippen molar-refractivity contribution in [3.63, 3.8) is 0 Å². The molecule has 4 aromatic rings. The molecule has 2 heterocycles. The van der Waals surface area contributed by atoms with Gasteiger partial charge in [0.25, 0.3) is 0 Å². The Bertz CT molecular complexity index is 1440. The van der Waals surface area contributed by atoms with Gasteiger partial charge in [-0.1, -0.05) is 78.4 Å². The van der Waals surface area contributed by atoms with Gasteiger partial charge in [0, 0.05) is 5.56 Å².